The van der Waals surface area contributed by atoms with Gasteiger partial charge in [-0.25, -0.2) is 9.59 Å². The van der Waals surface area contributed by atoms with Gasteiger partial charge in [-0.15, -0.1) is 0 Å². The highest BCUT2D eigenvalue weighted by atomic mass is 16.6. The molecule has 2 atom stereocenters. The zero-order valence-electron chi connectivity index (χ0n) is 17.4. The van der Waals surface area contributed by atoms with Crippen LogP contribution in [0.3, 0.4) is 0 Å². The number of hydrogen-bond acceptors (Lipinski definition) is 10. The lowest BCUT2D eigenvalue weighted by atomic mass is 10.0. The molecule has 0 spiro atoms. The molecule has 0 fully saturated rings. The highest BCUT2D eigenvalue weighted by Crippen LogP contribution is 2.18. The summed E-state index contributed by atoms with van der Waals surface area (Å²) in [5, 5.41) is 18.2. The standard InChI is InChI=1S/C20H30O10/c1-5-15(23)29-19(3,9-11-21)13-27-17(25)7-8-18(26)28-14-20(4,10-12-22)30-16(24)6-2/h5-6,21-22H,1-2,7-14H2,3-4H3. The predicted molar refractivity (Wildman–Crippen MR) is 104 cm³/mol. The fourth-order valence-corrected chi connectivity index (χ4v) is 2.16. The first-order valence-electron chi connectivity index (χ1n) is 9.27. The zero-order chi connectivity index (χ0) is 23.2. The number of rotatable bonds is 15. The van der Waals surface area contributed by atoms with Gasteiger partial charge in [-0.1, -0.05) is 13.2 Å². The van der Waals surface area contributed by atoms with Crippen LogP contribution in [-0.2, 0) is 38.1 Å². The molecular weight excluding hydrogens is 400 g/mol. The Balaban J connectivity index is 4.53. The SMILES string of the molecule is C=CC(=O)OC(C)(CCO)COC(=O)CCC(=O)OCC(C)(CCO)OC(=O)C=C. The van der Waals surface area contributed by atoms with Crippen molar-refractivity contribution in [1.29, 1.82) is 0 Å². The summed E-state index contributed by atoms with van der Waals surface area (Å²) in [6.07, 6.45) is 1.37. The summed E-state index contributed by atoms with van der Waals surface area (Å²) in [5.74, 6) is -2.92. The van der Waals surface area contributed by atoms with E-state index in [1.807, 2.05) is 0 Å². The molecule has 0 saturated heterocycles. The lowest BCUT2D eigenvalue weighted by Gasteiger charge is -2.28. The summed E-state index contributed by atoms with van der Waals surface area (Å²) in [6.45, 7) is 8.30. The van der Waals surface area contributed by atoms with Crippen LogP contribution in [0.5, 0.6) is 0 Å². The number of esters is 4. The topological polar surface area (TPSA) is 146 Å². The van der Waals surface area contributed by atoms with Crippen molar-refractivity contribution >= 4 is 23.9 Å². The number of carbonyl (C=O) groups is 4. The van der Waals surface area contributed by atoms with Crippen LogP contribution >= 0.6 is 0 Å². The molecule has 0 aliphatic rings. The average molecular weight is 430 g/mol. The maximum Gasteiger partial charge on any atom is 0.330 e. The predicted octanol–water partition coefficient (Wildman–Crippen LogP) is 0.594. The molecule has 0 aromatic carbocycles. The Morgan fingerprint density at radius 2 is 1.10 bits per heavy atom. The molecule has 0 aromatic rings. The van der Waals surface area contributed by atoms with Crippen LogP contribution in [-0.4, -0.2) is 71.7 Å². The Morgan fingerprint density at radius 3 is 1.37 bits per heavy atom. The molecular formula is C20H30O10. The Labute approximate surface area is 175 Å². The van der Waals surface area contributed by atoms with Gasteiger partial charge in [0.25, 0.3) is 0 Å². The molecule has 0 heterocycles. The van der Waals surface area contributed by atoms with E-state index in [9.17, 15) is 19.2 Å². The summed E-state index contributed by atoms with van der Waals surface area (Å²) in [6, 6.07) is 0. The van der Waals surface area contributed by atoms with Crippen LogP contribution < -0.4 is 0 Å². The highest BCUT2D eigenvalue weighted by molar-refractivity contribution is 5.82. The fraction of sp³-hybridized carbons (Fsp3) is 0.600. The second kappa shape index (κ2) is 13.5. The number of aliphatic hydroxyl groups excluding tert-OH is 2. The molecule has 0 rings (SSSR count). The van der Waals surface area contributed by atoms with Gasteiger partial charge in [0.05, 0.1) is 12.8 Å². The second-order valence-electron chi connectivity index (χ2n) is 6.92. The number of aliphatic hydroxyl groups is 2. The van der Waals surface area contributed by atoms with Crippen LogP contribution in [0.4, 0.5) is 0 Å². The van der Waals surface area contributed by atoms with Crippen molar-refractivity contribution in [1.82, 2.24) is 0 Å². The lowest BCUT2D eigenvalue weighted by molar-refractivity contribution is -0.171. The summed E-state index contributed by atoms with van der Waals surface area (Å²) in [4.78, 5) is 46.5. The molecule has 2 unspecified atom stereocenters. The van der Waals surface area contributed by atoms with E-state index in [0.717, 1.165) is 12.2 Å². The average Bonchev–Trinajstić information content (AvgIpc) is 2.69. The Kier molecular flexibility index (Phi) is 12.3. The number of hydrogen-bond donors (Lipinski definition) is 2. The first-order valence-corrected chi connectivity index (χ1v) is 9.27. The van der Waals surface area contributed by atoms with E-state index in [-0.39, 0.29) is 52.1 Å². The third-order valence-corrected chi connectivity index (χ3v) is 3.92. The van der Waals surface area contributed by atoms with Crippen LogP contribution in [0.2, 0.25) is 0 Å². The quantitative estimate of drug-likeness (QED) is 0.215. The molecule has 10 heteroatoms. The molecule has 0 radical (unpaired) electrons. The minimum absolute atomic E-state index is 0.0365. The van der Waals surface area contributed by atoms with Gasteiger partial charge >= 0.3 is 23.9 Å². The van der Waals surface area contributed by atoms with Gasteiger partial charge in [0.1, 0.15) is 24.4 Å². The minimum atomic E-state index is -1.24. The molecule has 0 bridgehead atoms. The van der Waals surface area contributed by atoms with Crippen molar-refractivity contribution in [2.45, 2.75) is 50.7 Å². The maximum absolute atomic E-state index is 11.9. The van der Waals surface area contributed by atoms with E-state index in [2.05, 4.69) is 13.2 Å². The van der Waals surface area contributed by atoms with Gasteiger partial charge in [-0.2, -0.15) is 0 Å². The molecule has 0 aliphatic carbocycles. The summed E-state index contributed by atoms with van der Waals surface area (Å²) < 4.78 is 20.2. The van der Waals surface area contributed by atoms with E-state index in [0.29, 0.717) is 0 Å². The van der Waals surface area contributed by atoms with E-state index in [1.165, 1.54) is 13.8 Å². The van der Waals surface area contributed by atoms with Crippen LogP contribution in [0.25, 0.3) is 0 Å². The molecule has 170 valence electrons. The number of ether oxygens (including phenoxy) is 4. The second-order valence-corrected chi connectivity index (χ2v) is 6.92. The van der Waals surface area contributed by atoms with Crippen molar-refractivity contribution in [3.05, 3.63) is 25.3 Å². The van der Waals surface area contributed by atoms with Crippen molar-refractivity contribution < 1.29 is 48.3 Å². The van der Waals surface area contributed by atoms with Crippen LogP contribution in [0.1, 0.15) is 39.5 Å². The Morgan fingerprint density at radius 1 is 0.767 bits per heavy atom. The lowest BCUT2D eigenvalue weighted by Crippen LogP contribution is -2.38. The van der Waals surface area contributed by atoms with Crippen molar-refractivity contribution in [2.24, 2.45) is 0 Å². The van der Waals surface area contributed by atoms with Gasteiger partial charge in [-0.05, 0) is 13.8 Å². The summed E-state index contributed by atoms with van der Waals surface area (Å²) in [5.41, 5.74) is -2.48. The molecule has 0 aliphatic heterocycles. The third-order valence-electron chi connectivity index (χ3n) is 3.92. The van der Waals surface area contributed by atoms with Gasteiger partial charge in [-0.3, -0.25) is 9.59 Å². The first kappa shape index (κ1) is 27.3. The minimum Gasteiger partial charge on any atom is -0.461 e. The van der Waals surface area contributed by atoms with Crippen LogP contribution in [0.15, 0.2) is 25.3 Å². The molecule has 2 N–H and O–H groups in total. The smallest absolute Gasteiger partial charge is 0.330 e. The summed E-state index contributed by atoms with van der Waals surface area (Å²) in [7, 11) is 0. The molecule has 30 heavy (non-hydrogen) atoms. The molecule has 0 aromatic heterocycles. The molecule has 0 saturated carbocycles. The Hall–Kier alpha value is -2.72. The highest BCUT2D eigenvalue weighted by Gasteiger charge is 2.31. The first-order chi connectivity index (χ1) is 14.0. The van der Waals surface area contributed by atoms with E-state index in [4.69, 9.17) is 29.2 Å². The van der Waals surface area contributed by atoms with E-state index in [1.54, 1.807) is 0 Å². The van der Waals surface area contributed by atoms with Gasteiger partial charge in [0, 0.05) is 38.2 Å². The van der Waals surface area contributed by atoms with E-state index >= 15 is 0 Å². The van der Waals surface area contributed by atoms with Crippen LogP contribution in [0, 0.1) is 0 Å². The number of carbonyl (C=O) groups excluding carboxylic acids is 4. The molecule has 10 nitrogen and oxygen atoms in total. The monoisotopic (exact) mass is 430 g/mol. The largest absolute Gasteiger partial charge is 0.461 e. The van der Waals surface area contributed by atoms with Gasteiger partial charge in [0.2, 0.25) is 0 Å². The van der Waals surface area contributed by atoms with Crippen molar-refractivity contribution in [3.63, 3.8) is 0 Å². The molecule has 0 amide bonds. The van der Waals surface area contributed by atoms with Gasteiger partial charge < -0.3 is 29.2 Å². The fourth-order valence-electron chi connectivity index (χ4n) is 2.16. The van der Waals surface area contributed by atoms with E-state index < -0.39 is 35.1 Å². The van der Waals surface area contributed by atoms with Crippen molar-refractivity contribution in [2.75, 3.05) is 26.4 Å². The van der Waals surface area contributed by atoms with Gasteiger partial charge in [0.15, 0.2) is 0 Å². The zero-order valence-corrected chi connectivity index (χ0v) is 17.4. The normalized spacial score (nSPS) is 14.4. The maximum atomic E-state index is 11.9. The van der Waals surface area contributed by atoms with Crippen molar-refractivity contribution in [3.8, 4) is 0 Å². The summed E-state index contributed by atoms with van der Waals surface area (Å²) >= 11 is 0. The third kappa shape index (κ3) is 11.3. The Bertz CT molecular complexity index is 575.